The molecular formula is C17H25Cl2N5O. The molecule has 8 heteroatoms. The number of halogens is 2. The van der Waals surface area contributed by atoms with Crippen molar-refractivity contribution in [3.05, 3.63) is 41.3 Å². The summed E-state index contributed by atoms with van der Waals surface area (Å²) < 4.78 is 1.81. The molecule has 0 spiro atoms. The fourth-order valence-electron chi connectivity index (χ4n) is 3.10. The summed E-state index contributed by atoms with van der Waals surface area (Å²) in [6, 6.07) is 5.88. The first-order valence-electron chi connectivity index (χ1n) is 8.04. The number of aryl methyl sites for hydroxylation is 2. The van der Waals surface area contributed by atoms with Crippen molar-refractivity contribution in [3.8, 4) is 5.82 Å². The number of amides is 1. The fraction of sp³-hybridized carbons (Fsp3) is 0.471. The lowest BCUT2D eigenvalue weighted by Crippen LogP contribution is -2.51. The van der Waals surface area contributed by atoms with Crippen LogP contribution in [-0.2, 0) is 11.3 Å². The van der Waals surface area contributed by atoms with Crippen LogP contribution in [0.15, 0.2) is 24.4 Å². The number of aromatic nitrogens is 3. The van der Waals surface area contributed by atoms with Gasteiger partial charge in [-0.1, -0.05) is 18.9 Å². The first kappa shape index (κ1) is 21.4. The molecule has 138 valence electrons. The minimum absolute atomic E-state index is 0. The largest absolute Gasteiger partial charge is 0.350 e. The molecule has 1 aliphatic carbocycles. The Morgan fingerprint density at radius 1 is 1.28 bits per heavy atom. The van der Waals surface area contributed by atoms with Gasteiger partial charge in [-0.15, -0.1) is 24.8 Å². The van der Waals surface area contributed by atoms with E-state index in [1.807, 2.05) is 36.7 Å². The second kappa shape index (κ2) is 8.65. The molecule has 1 amide bonds. The third-order valence-corrected chi connectivity index (χ3v) is 4.44. The van der Waals surface area contributed by atoms with Gasteiger partial charge in [-0.05, 0) is 44.4 Å². The average Bonchev–Trinajstić information content (AvgIpc) is 3.12. The Labute approximate surface area is 160 Å². The molecule has 2 aromatic rings. The Kier molecular flexibility index (Phi) is 7.41. The molecule has 0 unspecified atom stereocenters. The number of carbonyl (C=O) groups is 1. The van der Waals surface area contributed by atoms with Crippen LogP contribution in [0, 0.1) is 13.8 Å². The van der Waals surface area contributed by atoms with Crippen LogP contribution in [0.4, 0.5) is 0 Å². The van der Waals surface area contributed by atoms with Crippen molar-refractivity contribution in [2.75, 3.05) is 0 Å². The normalized spacial score (nSPS) is 15.2. The lowest BCUT2D eigenvalue weighted by Gasteiger charge is -2.22. The van der Waals surface area contributed by atoms with E-state index in [0.717, 1.165) is 48.5 Å². The summed E-state index contributed by atoms with van der Waals surface area (Å²) >= 11 is 0. The zero-order valence-electron chi connectivity index (χ0n) is 14.5. The highest BCUT2D eigenvalue weighted by atomic mass is 35.5. The van der Waals surface area contributed by atoms with Gasteiger partial charge in [-0.3, -0.25) is 4.79 Å². The molecule has 0 radical (unpaired) electrons. The Hall–Kier alpha value is -1.63. The van der Waals surface area contributed by atoms with Crippen molar-refractivity contribution in [1.29, 1.82) is 0 Å². The number of pyridine rings is 1. The summed E-state index contributed by atoms with van der Waals surface area (Å²) in [5, 5.41) is 7.34. The third kappa shape index (κ3) is 4.71. The molecule has 0 saturated heterocycles. The summed E-state index contributed by atoms with van der Waals surface area (Å²) in [5.74, 6) is 0.717. The standard InChI is InChI=1S/C17H23N5O.2ClH/c1-12-9-13(2)22(21-12)15-6-5-14(10-19-15)11-20-16(23)17(18)7-3-4-8-17;;/h5-6,9-10H,3-4,7-8,11,18H2,1-2H3,(H,20,23);2*1H. The van der Waals surface area contributed by atoms with Gasteiger partial charge in [0.05, 0.1) is 11.2 Å². The maximum atomic E-state index is 12.2. The summed E-state index contributed by atoms with van der Waals surface area (Å²) in [5.41, 5.74) is 8.42. The first-order valence-corrected chi connectivity index (χ1v) is 8.04. The number of nitrogens with one attached hydrogen (secondary N) is 1. The number of carbonyl (C=O) groups excluding carboxylic acids is 1. The second-order valence-corrected chi connectivity index (χ2v) is 6.41. The van der Waals surface area contributed by atoms with Crippen molar-refractivity contribution < 1.29 is 4.79 Å². The van der Waals surface area contributed by atoms with Crippen molar-refractivity contribution in [2.45, 2.75) is 51.6 Å². The van der Waals surface area contributed by atoms with E-state index in [-0.39, 0.29) is 30.7 Å². The van der Waals surface area contributed by atoms with Gasteiger partial charge >= 0.3 is 0 Å². The molecule has 6 nitrogen and oxygen atoms in total. The van der Waals surface area contributed by atoms with Gasteiger partial charge in [0.1, 0.15) is 0 Å². The predicted octanol–water partition coefficient (Wildman–Crippen LogP) is 2.62. The van der Waals surface area contributed by atoms with E-state index in [4.69, 9.17) is 5.73 Å². The van der Waals surface area contributed by atoms with Crippen LogP contribution in [0.1, 0.15) is 42.6 Å². The zero-order valence-corrected chi connectivity index (χ0v) is 16.1. The molecule has 2 heterocycles. The number of hydrogen-bond acceptors (Lipinski definition) is 4. The smallest absolute Gasteiger partial charge is 0.240 e. The molecule has 1 fully saturated rings. The highest BCUT2D eigenvalue weighted by Gasteiger charge is 2.36. The van der Waals surface area contributed by atoms with Crippen LogP contribution >= 0.6 is 24.8 Å². The van der Waals surface area contributed by atoms with Gasteiger partial charge in [0, 0.05) is 18.4 Å². The maximum absolute atomic E-state index is 12.2. The van der Waals surface area contributed by atoms with Crippen LogP contribution in [0.25, 0.3) is 5.82 Å². The van der Waals surface area contributed by atoms with Crippen LogP contribution in [-0.4, -0.2) is 26.2 Å². The number of hydrogen-bond donors (Lipinski definition) is 2. The Morgan fingerprint density at radius 2 is 1.96 bits per heavy atom. The average molecular weight is 386 g/mol. The fourth-order valence-corrected chi connectivity index (χ4v) is 3.10. The molecule has 0 aromatic carbocycles. The molecule has 3 rings (SSSR count). The molecule has 0 atom stereocenters. The lowest BCUT2D eigenvalue weighted by atomic mass is 9.98. The quantitative estimate of drug-likeness (QED) is 0.846. The first-order chi connectivity index (χ1) is 11.0. The van der Waals surface area contributed by atoms with E-state index in [2.05, 4.69) is 15.4 Å². The lowest BCUT2D eigenvalue weighted by molar-refractivity contribution is -0.126. The van der Waals surface area contributed by atoms with E-state index in [1.165, 1.54) is 0 Å². The van der Waals surface area contributed by atoms with Crippen molar-refractivity contribution >= 4 is 30.7 Å². The maximum Gasteiger partial charge on any atom is 0.240 e. The molecule has 25 heavy (non-hydrogen) atoms. The van der Waals surface area contributed by atoms with Gasteiger partial charge in [-0.2, -0.15) is 5.10 Å². The van der Waals surface area contributed by atoms with Crippen LogP contribution < -0.4 is 11.1 Å². The van der Waals surface area contributed by atoms with Gasteiger partial charge in [0.2, 0.25) is 5.91 Å². The van der Waals surface area contributed by atoms with Crippen LogP contribution in [0.5, 0.6) is 0 Å². The number of nitrogens with zero attached hydrogens (tertiary/aromatic N) is 3. The topological polar surface area (TPSA) is 85.8 Å². The summed E-state index contributed by atoms with van der Waals surface area (Å²) in [6.07, 6.45) is 5.37. The van der Waals surface area contributed by atoms with Crippen molar-refractivity contribution in [1.82, 2.24) is 20.1 Å². The Bertz CT molecular complexity index is 708. The molecule has 1 saturated carbocycles. The highest BCUT2D eigenvalue weighted by Crippen LogP contribution is 2.27. The number of nitrogens with two attached hydrogens (primary N) is 1. The molecule has 1 aliphatic rings. The van der Waals surface area contributed by atoms with Crippen molar-refractivity contribution in [3.63, 3.8) is 0 Å². The van der Waals surface area contributed by atoms with E-state index < -0.39 is 5.54 Å². The van der Waals surface area contributed by atoms with E-state index in [0.29, 0.717) is 6.54 Å². The Balaban J connectivity index is 0.00000156. The highest BCUT2D eigenvalue weighted by molar-refractivity contribution is 5.86. The summed E-state index contributed by atoms with van der Waals surface area (Å²) in [6.45, 7) is 4.40. The molecule has 0 aliphatic heterocycles. The summed E-state index contributed by atoms with van der Waals surface area (Å²) in [4.78, 5) is 16.6. The molecule has 3 N–H and O–H groups in total. The van der Waals surface area contributed by atoms with Crippen LogP contribution in [0.2, 0.25) is 0 Å². The minimum Gasteiger partial charge on any atom is -0.350 e. The van der Waals surface area contributed by atoms with Gasteiger partial charge < -0.3 is 11.1 Å². The Morgan fingerprint density at radius 3 is 2.48 bits per heavy atom. The van der Waals surface area contributed by atoms with Gasteiger partial charge in [0.25, 0.3) is 0 Å². The third-order valence-electron chi connectivity index (χ3n) is 4.44. The van der Waals surface area contributed by atoms with E-state index >= 15 is 0 Å². The molecule has 0 bridgehead atoms. The number of rotatable bonds is 4. The van der Waals surface area contributed by atoms with E-state index in [9.17, 15) is 4.79 Å². The van der Waals surface area contributed by atoms with Gasteiger partial charge in [-0.25, -0.2) is 9.67 Å². The monoisotopic (exact) mass is 385 g/mol. The van der Waals surface area contributed by atoms with E-state index in [1.54, 1.807) is 6.20 Å². The minimum atomic E-state index is -0.683. The van der Waals surface area contributed by atoms with Gasteiger partial charge in [0.15, 0.2) is 5.82 Å². The van der Waals surface area contributed by atoms with Crippen LogP contribution in [0.3, 0.4) is 0 Å². The predicted molar refractivity (Wildman–Crippen MR) is 103 cm³/mol. The summed E-state index contributed by atoms with van der Waals surface area (Å²) in [7, 11) is 0. The molecular weight excluding hydrogens is 361 g/mol. The zero-order chi connectivity index (χ0) is 16.4. The molecule has 2 aromatic heterocycles. The van der Waals surface area contributed by atoms with Crippen molar-refractivity contribution in [2.24, 2.45) is 5.73 Å². The second-order valence-electron chi connectivity index (χ2n) is 6.41. The SMILES string of the molecule is Cc1cc(C)n(-c2ccc(CNC(=O)C3(N)CCCC3)cn2)n1.Cl.Cl.